The van der Waals surface area contributed by atoms with Gasteiger partial charge in [0.05, 0.1) is 17.6 Å². The zero-order valence-corrected chi connectivity index (χ0v) is 8.34. The van der Waals surface area contributed by atoms with Crippen LogP contribution in [0.15, 0.2) is 11.4 Å². The number of oxime groups is 1. The Hall–Kier alpha value is -2.18. The van der Waals surface area contributed by atoms with Crippen molar-refractivity contribution in [1.82, 2.24) is 19.6 Å². The van der Waals surface area contributed by atoms with E-state index in [0.29, 0.717) is 11.5 Å². The van der Waals surface area contributed by atoms with Crippen LogP contribution >= 0.6 is 0 Å². The summed E-state index contributed by atoms with van der Waals surface area (Å²) in [7, 11) is 0. The molecule has 0 fully saturated rings. The first-order valence-corrected chi connectivity index (χ1v) is 4.30. The molecule has 2 aromatic rings. The van der Waals surface area contributed by atoms with Crippen molar-refractivity contribution >= 4 is 11.6 Å². The number of hydrogen-bond donors (Lipinski definition) is 2. The van der Waals surface area contributed by atoms with Crippen molar-refractivity contribution < 1.29 is 5.21 Å². The molecule has 78 valence electrons. The van der Waals surface area contributed by atoms with Crippen LogP contribution in [0.4, 0.5) is 0 Å². The summed E-state index contributed by atoms with van der Waals surface area (Å²) in [6, 6.07) is 0. The normalized spacial score (nSPS) is 12.3. The van der Waals surface area contributed by atoms with Gasteiger partial charge in [0.25, 0.3) is 5.78 Å². The first-order chi connectivity index (χ1) is 7.13. The number of nitrogens with two attached hydrogens (primary N) is 1. The third-order valence-electron chi connectivity index (χ3n) is 2.13. The van der Waals surface area contributed by atoms with Crippen molar-refractivity contribution in [2.75, 3.05) is 0 Å². The Morgan fingerprint density at radius 3 is 2.87 bits per heavy atom. The van der Waals surface area contributed by atoms with Crippen LogP contribution in [0.5, 0.6) is 0 Å². The molecule has 0 aromatic carbocycles. The van der Waals surface area contributed by atoms with E-state index in [1.165, 1.54) is 10.7 Å². The number of aryl methyl sites for hydroxylation is 2. The zero-order chi connectivity index (χ0) is 11.0. The molecule has 3 N–H and O–H groups in total. The molecule has 0 aliphatic heterocycles. The molecule has 15 heavy (non-hydrogen) atoms. The van der Waals surface area contributed by atoms with E-state index in [-0.39, 0.29) is 5.84 Å². The summed E-state index contributed by atoms with van der Waals surface area (Å²) in [5.74, 6) is 0.389. The van der Waals surface area contributed by atoms with Gasteiger partial charge in [-0.1, -0.05) is 5.16 Å². The average molecular weight is 206 g/mol. The van der Waals surface area contributed by atoms with Crippen LogP contribution in [0.25, 0.3) is 5.78 Å². The van der Waals surface area contributed by atoms with E-state index < -0.39 is 0 Å². The Morgan fingerprint density at radius 1 is 1.47 bits per heavy atom. The summed E-state index contributed by atoms with van der Waals surface area (Å²) < 4.78 is 1.44. The van der Waals surface area contributed by atoms with Crippen molar-refractivity contribution in [2.24, 2.45) is 10.9 Å². The number of aromatic nitrogens is 4. The highest BCUT2D eigenvalue weighted by Crippen LogP contribution is 2.05. The molecule has 0 aliphatic rings. The molecule has 0 saturated heterocycles. The second kappa shape index (κ2) is 3.19. The quantitative estimate of drug-likeness (QED) is 0.292. The molecule has 0 amide bonds. The van der Waals surface area contributed by atoms with Crippen LogP contribution in [0.3, 0.4) is 0 Å². The predicted molar refractivity (Wildman–Crippen MR) is 52.8 cm³/mol. The maximum Gasteiger partial charge on any atom is 0.251 e. The predicted octanol–water partition coefficient (Wildman–Crippen LogP) is -0.164. The minimum Gasteiger partial charge on any atom is -0.409 e. The van der Waals surface area contributed by atoms with Crippen molar-refractivity contribution in [1.29, 1.82) is 0 Å². The van der Waals surface area contributed by atoms with Gasteiger partial charge < -0.3 is 10.9 Å². The van der Waals surface area contributed by atoms with Crippen molar-refractivity contribution in [3.05, 3.63) is 23.3 Å². The second-order valence-corrected chi connectivity index (χ2v) is 3.12. The van der Waals surface area contributed by atoms with Crippen LogP contribution in [0, 0.1) is 13.8 Å². The summed E-state index contributed by atoms with van der Waals surface area (Å²) >= 11 is 0. The maximum atomic E-state index is 8.56. The van der Waals surface area contributed by atoms with E-state index >= 15 is 0 Å². The lowest BCUT2D eigenvalue weighted by Crippen LogP contribution is -2.17. The fraction of sp³-hybridized carbons (Fsp3) is 0.250. The number of hydrogen-bond acceptors (Lipinski definition) is 5. The van der Waals surface area contributed by atoms with Crippen LogP contribution in [-0.2, 0) is 0 Å². The van der Waals surface area contributed by atoms with Gasteiger partial charge in [-0.2, -0.15) is 9.61 Å². The number of nitrogens with zero attached hydrogens (tertiary/aromatic N) is 5. The molecule has 0 saturated carbocycles. The van der Waals surface area contributed by atoms with Gasteiger partial charge in [-0.3, -0.25) is 0 Å². The Bertz CT molecular complexity index is 543. The lowest BCUT2D eigenvalue weighted by Gasteiger charge is -2.01. The molecule has 0 radical (unpaired) electrons. The summed E-state index contributed by atoms with van der Waals surface area (Å²) in [6.45, 7) is 3.68. The Balaban J connectivity index is 2.75. The van der Waals surface area contributed by atoms with Gasteiger partial charge in [-0.05, 0) is 13.8 Å². The fourth-order valence-corrected chi connectivity index (χ4v) is 1.19. The summed E-state index contributed by atoms with van der Waals surface area (Å²) in [5, 5.41) is 15.7. The Kier molecular flexibility index (Phi) is 2.00. The monoisotopic (exact) mass is 206 g/mol. The first-order valence-electron chi connectivity index (χ1n) is 4.30. The molecule has 0 atom stereocenters. The third kappa shape index (κ3) is 1.37. The van der Waals surface area contributed by atoms with E-state index in [1.807, 2.05) is 13.8 Å². The summed E-state index contributed by atoms with van der Waals surface area (Å²) in [5.41, 5.74) is 7.46. The van der Waals surface area contributed by atoms with Crippen LogP contribution < -0.4 is 5.73 Å². The molecule has 2 heterocycles. The van der Waals surface area contributed by atoms with Crippen LogP contribution in [0.1, 0.15) is 17.1 Å². The van der Waals surface area contributed by atoms with Crippen molar-refractivity contribution in [3.8, 4) is 0 Å². The number of amidine groups is 1. The topological polar surface area (TPSA) is 102 Å². The molecule has 0 aliphatic carbocycles. The molecule has 0 bridgehead atoms. The van der Waals surface area contributed by atoms with Gasteiger partial charge in [-0.25, -0.2) is 9.97 Å². The van der Waals surface area contributed by atoms with Crippen LogP contribution in [0.2, 0.25) is 0 Å². The number of imidazole rings is 1. The first kappa shape index (κ1) is 9.38. The molecular weight excluding hydrogens is 196 g/mol. The Labute approximate surface area is 85.3 Å². The molecule has 0 unspecified atom stereocenters. The van der Waals surface area contributed by atoms with Gasteiger partial charge in [0.15, 0.2) is 5.84 Å². The van der Waals surface area contributed by atoms with Crippen LogP contribution in [-0.4, -0.2) is 30.6 Å². The van der Waals surface area contributed by atoms with E-state index in [4.69, 9.17) is 10.9 Å². The van der Waals surface area contributed by atoms with Gasteiger partial charge in [0, 0.05) is 0 Å². The number of fused-ring (bicyclic) bond motifs is 1. The smallest absolute Gasteiger partial charge is 0.251 e. The standard InChI is InChI=1S/C8H10N6O/c1-4-5(2)12-14-6(7(9)13-15)3-10-8(14)11-4/h3,15H,1-2H3,(H2,9,13). The van der Waals surface area contributed by atoms with E-state index in [1.54, 1.807) is 0 Å². The summed E-state index contributed by atoms with van der Waals surface area (Å²) in [6.07, 6.45) is 1.46. The third-order valence-corrected chi connectivity index (χ3v) is 2.13. The molecule has 7 heteroatoms. The van der Waals surface area contributed by atoms with Gasteiger partial charge >= 0.3 is 0 Å². The zero-order valence-electron chi connectivity index (χ0n) is 8.34. The highest BCUT2D eigenvalue weighted by molar-refractivity contribution is 5.95. The number of rotatable bonds is 1. The SMILES string of the molecule is Cc1nc2ncc(/C(N)=N\O)n2nc1C. The van der Waals surface area contributed by atoms with E-state index in [0.717, 1.165) is 11.4 Å². The van der Waals surface area contributed by atoms with E-state index in [2.05, 4.69) is 20.2 Å². The largest absolute Gasteiger partial charge is 0.409 e. The highest BCUT2D eigenvalue weighted by Gasteiger charge is 2.10. The molecule has 7 nitrogen and oxygen atoms in total. The van der Waals surface area contributed by atoms with Gasteiger partial charge in [-0.15, -0.1) is 0 Å². The van der Waals surface area contributed by atoms with Crippen molar-refractivity contribution in [3.63, 3.8) is 0 Å². The minimum absolute atomic E-state index is 0.0416. The molecule has 2 rings (SSSR count). The highest BCUT2D eigenvalue weighted by atomic mass is 16.4. The average Bonchev–Trinajstić information content (AvgIpc) is 2.61. The second-order valence-electron chi connectivity index (χ2n) is 3.12. The molecule has 0 spiro atoms. The lowest BCUT2D eigenvalue weighted by molar-refractivity contribution is 0.318. The summed E-state index contributed by atoms with van der Waals surface area (Å²) in [4.78, 5) is 8.22. The van der Waals surface area contributed by atoms with Gasteiger partial charge in [0.1, 0.15) is 5.69 Å². The van der Waals surface area contributed by atoms with Crippen molar-refractivity contribution in [2.45, 2.75) is 13.8 Å². The Morgan fingerprint density at radius 2 is 2.20 bits per heavy atom. The van der Waals surface area contributed by atoms with Gasteiger partial charge in [0.2, 0.25) is 0 Å². The maximum absolute atomic E-state index is 8.56. The fourth-order valence-electron chi connectivity index (χ4n) is 1.19. The molecule has 2 aromatic heterocycles. The van der Waals surface area contributed by atoms with E-state index in [9.17, 15) is 0 Å². The molecular formula is C8H10N6O. The lowest BCUT2D eigenvalue weighted by atomic mass is 10.4. The minimum atomic E-state index is -0.0416.